The molecular weight excluding hydrogens is 700 g/mol. The number of aliphatic hydroxyl groups excluding tert-OH is 11. The van der Waals surface area contributed by atoms with Crippen molar-refractivity contribution in [1.29, 1.82) is 0 Å². The second-order valence-electron chi connectivity index (χ2n) is 9.05. The van der Waals surface area contributed by atoms with Crippen LogP contribution in [0.1, 0.15) is 33.6 Å². The van der Waals surface area contributed by atoms with Crippen molar-refractivity contribution >= 4 is 54.1 Å². The number of rotatable bonds is 15. The van der Waals surface area contributed by atoms with Gasteiger partial charge in [-0.3, -0.25) is 28.8 Å². The molecule has 0 aliphatic heterocycles. The molecule has 51 heavy (non-hydrogen) atoms. The molecule has 0 saturated heterocycles. The van der Waals surface area contributed by atoms with E-state index in [1.54, 1.807) is 12.1 Å². The minimum atomic E-state index is -2.86. The lowest BCUT2D eigenvalue weighted by Crippen LogP contribution is -2.44. The summed E-state index contributed by atoms with van der Waals surface area (Å²) in [6.45, 7) is -4.19. The van der Waals surface area contributed by atoms with E-state index in [2.05, 4.69) is 0 Å². The van der Waals surface area contributed by atoms with Crippen LogP contribution in [0.4, 0.5) is 0 Å². The summed E-state index contributed by atoms with van der Waals surface area (Å²) < 4.78 is 0. The molecule has 22 heteroatoms. The molecule has 0 heterocycles. The smallest absolute Gasteiger partial charge is 0.295 e. The molecule has 1 aromatic rings. The number of hydrogen-bond donors (Lipinski definition) is 13. The van der Waals surface area contributed by atoms with Gasteiger partial charge in [0, 0.05) is 24.0 Å². The van der Waals surface area contributed by atoms with Crippen LogP contribution < -0.4 is 0 Å². The number of carbonyl (C=O) groups is 9. The number of Topliss-reactive ketones (excluding diaryl/α,β-unsaturated/α-hetero) is 5. The Morgan fingerprint density at radius 1 is 0.647 bits per heavy atom. The van der Waals surface area contributed by atoms with Crippen molar-refractivity contribution in [3.8, 4) is 0 Å². The van der Waals surface area contributed by atoms with Gasteiger partial charge in [0.1, 0.15) is 62.9 Å². The molecule has 5 atom stereocenters. The summed E-state index contributed by atoms with van der Waals surface area (Å²) in [6.07, 6.45) is -5.28. The fourth-order valence-corrected chi connectivity index (χ4v) is 2.38. The quantitative estimate of drug-likeness (QED) is 0.0261. The fourth-order valence-electron chi connectivity index (χ4n) is 2.38. The Bertz CT molecular complexity index is 1170. The maximum absolute atomic E-state index is 11.2. The predicted molar refractivity (Wildman–Crippen MR) is 163 cm³/mol. The van der Waals surface area contributed by atoms with Gasteiger partial charge in [-0.05, 0) is 0 Å². The third-order valence-corrected chi connectivity index (χ3v) is 5.17. The highest BCUT2D eigenvalue weighted by Crippen LogP contribution is 2.27. The van der Waals surface area contributed by atoms with E-state index in [1.807, 2.05) is 0 Å². The van der Waals surface area contributed by atoms with Crippen molar-refractivity contribution in [3.63, 3.8) is 0 Å². The summed E-state index contributed by atoms with van der Waals surface area (Å²) in [5, 5.41) is 109. The summed E-state index contributed by atoms with van der Waals surface area (Å²) in [5.41, 5.74) is 0.134. The first-order chi connectivity index (χ1) is 23.8. The molecule has 1 aromatic carbocycles. The molecular formula is C29H42O22. The largest absolute Gasteiger partial charge is 0.394 e. The van der Waals surface area contributed by atoms with Gasteiger partial charge in [-0.25, -0.2) is 0 Å². The van der Waals surface area contributed by atoms with Gasteiger partial charge < -0.3 is 80.8 Å². The maximum Gasteiger partial charge on any atom is 0.295 e. The Balaban J connectivity index is -0.000000269. The van der Waals surface area contributed by atoms with Gasteiger partial charge in [0.2, 0.25) is 17.3 Å². The van der Waals surface area contributed by atoms with Gasteiger partial charge >= 0.3 is 0 Å². The molecule has 5 unspecified atom stereocenters. The van der Waals surface area contributed by atoms with E-state index < -0.39 is 105 Å². The lowest BCUT2D eigenvalue weighted by molar-refractivity contribution is -0.142. The monoisotopic (exact) mass is 742 g/mol. The van der Waals surface area contributed by atoms with Crippen molar-refractivity contribution < 1.29 is 110 Å². The van der Waals surface area contributed by atoms with Crippen LogP contribution in [0.3, 0.4) is 0 Å². The molecule has 0 amide bonds. The van der Waals surface area contributed by atoms with E-state index in [0.717, 1.165) is 12.6 Å². The lowest BCUT2D eigenvalue weighted by atomic mass is 10.1. The minimum Gasteiger partial charge on any atom is -0.394 e. The summed E-state index contributed by atoms with van der Waals surface area (Å²) >= 11 is 0. The van der Waals surface area contributed by atoms with Gasteiger partial charge in [0.05, 0.1) is 19.8 Å². The number of aldehydes is 4. The Hall–Kier alpha value is -4.27. The van der Waals surface area contributed by atoms with E-state index in [4.69, 9.17) is 66.4 Å². The van der Waals surface area contributed by atoms with Crippen LogP contribution in [-0.2, 0) is 33.6 Å². The van der Waals surface area contributed by atoms with Crippen molar-refractivity contribution in [1.82, 2.24) is 0 Å². The van der Waals surface area contributed by atoms with Crippen molar-refractivity contribution in [2.24, 2.45) is 0 Å². The zero-order valence-corrected chi connectivity index (χ0v) is 26.7. The van der Waals surface area contributed by atoms with E-state index >= 15 is 0 Å². The number of fused-ring (bicyclic) bond motifs is 1. The van der Waals surface area contributed by atoms with Gasteiger partial charge in [-0.15, -0.1) is 0 Å². The molecule has 0 fully saturated rings. The highest BCUT2D eigenvalue weighted by molar-refractivity contribution is 6.30. The number of hydrogen-bond acceptors (Lipinski definition) is 22. The molecule has 22 nitrogen and oxygen atoms in total. The van der Waals surface area contributed by atoms with E-state index in [1.165, 1.54) is 12.1 Å². The van der Waals surface area contributed by atoms with Crippen LogP contribution >= 0.6 is 0 Å². The van der Waals surface area contributed by atoms with Crippen LogP contribution in [0.25, 0.3) is 0 Å². The molecule has 0 spiro atoms. The van der Waals surface area contributed by atoms with Crippen molar-refractivity contribution in [3.05, 3.63) is 35.4 Å². The van der Waals surface area contributed by atoms with E-state index in [9.17, 15) is 43.2 Å². The maximum atomic E-state index is 11.2. The molecule has 0 bridgehead atoms. The van der Waals surface area contributed by atoms with Crippen LogP contribution in [0.2, 0.25) is 0 Å². The lowest BCUT2D eigenvalue weighted by Gasteiger charge is -2.19. The summed E-state index contributed by atoms with van der Waals surface area (Å²) in [4.78, 5) is 89.9. The van der Waals surface area contributed by atoms with Crippen molar-refractivity contribution in [2.45, 2.75) is 49.1 Å². The van der Waals surface area contributed by atoms with Gasteiger partial charge in [0.25, 0.3) is 5.79 Å². The number of carbonyl (C=O) groups excluding carboxylic acids is 9. The van der Waals surface area contributed by atoms with Crippen LogP contribution in [0.5, 0.6) is 0 Å². The molecule has 0 saturated carbocycles. The van der Waals surface area contributed by atoms with E-state index in [-0.39, 0.29) is 23.7 Å². The number of unbranched alkanes of at least 4 members (excludes halogenated alkanes) is 1. The van der Waals surface area contributed by atoms with Crippen molar-refractivity contribution in [2.75, 3.05) is 39.6 Å². The van der Waals surface area contributed by atoms with E-state index in [0.29, 0.717) is 12.8 Å². The molecule has 0 aromatic heterocycles. The number of benzene rings is 1. The third kappa shape index (κ3) is 22.9. The van der Waals surface area contributed by atoms with Gasteiger partial charge in [-0.2, -0.15) is 0 Å². The molecule has 13 N–H and O–H groups in total. The summed E-state index contributed by atoms with van der Waals surface area (Å²) in [7, 11) is 0. The topological polar surface area (TPSA) is 417 Å². The van der Waals surface area contributed by atoms with Crippen LogP contribution in [-0.4, -0.2) is 196 Å². The zero-order chi connectivity index (χ0) is 40.7. The zero-order valence-electron chi connectivity index (χ0n) is 26.7. The summed E-state index contributed by atoms with van der Waals surface area (Å²) in [6, 6.07) is 5.91. The Morgan fingerprint density at radius 3 is 1.29 bits per heavy atom. The standard InChI is InChI=1S/C9H6O4.C6H12O6.C4H8O4.C4H6O2.C3H6O3.C3H4O3/c10-7-5-3-1-2-4-6(5)8(11)9(7,12)13;7-1-3(9)5(11)6(12)4(10)2-8;5-1-3(7)4(8)2-6;5-3-1-2-4-6;2*4-1-3(6)2-5/h1-4,12-13H;3,5-9,11-12H,1-2H2;3,5-7H,1-2H2;3-4H,1-2H2;1,3,5-6H,2H2;1,5H,2H2. The first-order valence-corrected chi connectivity index (χ1v) is 13.9. The molecule has 290 valence electrons. The number of aliphatic hydroxyl groups is 13. The summed E-state index contributed by atoms with van der Waals surface area (Å²) in [5.74, 6) is -7.30. The second-order valence-corrected chi connectivity index (χ2v) is 9.05. The van der Waals surface area contributed by atoms with Crippen LogP contribution in [0.15, 0.2) is 24.3 Å². The SMILES string of the molecule is O=C(CO)C(O)C(O)C(O)CO.O=C(CO)C(O)CO.O=C1c2ccccc2C(=O)C1(O)O.O=CC(=O)CO.O=CC(O)CO.O=CCCC=O. The molecule has 2 rings (SSSR count). The second kappa shape index (κ2) is 31.7. The predicted octanol–water partition coefficient (Wildman–Crippen LogP) is -8.28. The molecule has 1 aliphatic carbocycles. The fraction of sp³-hybridized carbons (Fsp3) is 0.483. The Morgan fingerprint density at radius 2 is 1.08 bits per heavy atom. The first kappa shape index (κ1) is 53.5. The number of ketones is 5. The molecule has 0 radical (unpaired) electrons. The average molecular weight is 743 g/mol. The Kier molecular flexibility index (Phi) is 33.3. The highest BCUT2D eigenvalue weighted by Gasteiger charge is 2.50. The molecule has 1 aliphatic rings. The highest BCUT2D eigenvalue weighted by atomic mass is 16.5. The minimum absolute atomic E-state index is 0.0671. The van der Waals surface area contributed by atoms with Crippen LogP contribution in [0, 0.1) is 0 Å². The van der Waals surface area contributed by atoms with Gasteiger partial charge in [0.15, 0.2) is 24.1 Å². The Labute approximate surface area is 288 Å². The normalized spacial score (nSPS) is 14.6. The first-order valence-electron chi connectivity index (χ1n) is 13.9. The average Bonchev–Trinajstić information content (AvgIpc) is 3.34. The van der Waals surface area contributed by atoms with Gasteiger partial charge in [-0.1, -0.05) is 24.3 Å². The third-order valence-electron chi connectivity index (χ3n) is 5.17.